The van der Waals surface area contributed by atoms with Crippen LogP contribution in [0.5, 0.6) is 0 Å². The summed E-state index contributed by atoms with van der Waals surface area (Å²) < 4.78 is 0. The first kappa shape index (κ1) is 13.7. The van der Waals surface area contributed by atoms with Gasteiger partial charge in [0.15, 0.2) is 0 Å². The molecule has 0 saturated carbocycles. The first-order chi connectivity index (χ1) is 10.5. The minimum Gasteiger partial charge on any atom is -0.268 e. The molecule has 1 aromatic carbocycles. The maximum absolute atomic E-state index is 12.3. The molecule has 3 nitrogen and oxygen atoms in total. The maximum atomic E-state index is 12.3. The van der Waals surface area contributed by atoms with E-state index in [1.54, 1.807) is 0 Å². The molecule has 2 aromatic rings. The fourth-order valence-electron chi connectivity index (χ4n) is 4.51. The molecule has 0 unspecified atom stereocenters. The summed E-state index contributed by atoms with van der Waals surface area (Å²) in [5.41, 5.74) is 5.03. The Balaban J connectivity index is 1.82. The van der Waals surface area contributed by atoms with Gasteiger partial charge in [0.2, 0.25) is 0 Å². The second-order valence-electron chi connectivity index (χ2n) is 7.68. The zero-order chi connectivity index (χ0) is 15.3. The molecule has 0 saturated heterocycles. The van der Waals surface area contributed by atoms with Gasteiger partial charge in [-0.05, 0) is 54.1 Å². The number of H-pyrrole nitrogens is 1. The maximum Gasteiger partial charge on any atom is 0.267 e. The van der Waals surface area contributed by atoms with Gasteiger partial charge in [0.25, 0.3) is 5.56 Å². The Kier molecular flexibility index (Phi) is 3.00. The van der Waals surface area contributed by atoms with Crippen LogP contribution in [0.2, 0.25) is 0 Å². The topological polar surface area (TPSA) is 45.8 Å². The van der Waals surface area contributed by atoms with Crippen LogP contribution >= 0.6 is 0 Å². The number of nitrogens with one attached hydrogen (secondary N) is 1. The van der Waals surface area contributed by atoms with E-state index in [9.17, 15) is 4.79 Å². The lowest BCUT2D eigenvalue weighted by Crippen LogP contribution is -2.35. The smallest absolute Gasteiger partial charge is 0.267 e. The van der Waals surface area contributed by atoms with Crippen molar-refractivity contribution in [2.24, 2.45) is 5.41 Å². The van der Waals surface area contributed by atoms with Crippen LogP contribution in [0.25, 0.3) is 0 Å². The van der Waals surface area contributed by atoms with Gasteiger partial charge in [-0.1, -0.05) is 44.2 Å². The first-order valence-electron chi connectivity index (χ1n) is 8.19. The Morgan fingerprint density at radius 1 is 1.18 bits per heavy atom. The van der Waals surface area contributed by atoms with Gasteiger partial charge in [-0.2, -0.15) is 5.10 Å². The van der Waals surface area contributed by atoms with Gasteiger partial charge < -0.3 is 0 Å². The van der Waals surface area contributed by atoms with E-state index < -0.39 is 0 Å². The van der Waals surface area contributed by atoms with Crippen LogP contribution < -0.4 is 5.56 Å². The van der Waals surface area contributed by atoms with Crippen molar-refractivity contribution in [3.8, 4) is 0 Å². The minimum atomic E-state index is 0.0177. The molecule has 0 fully saturated rings. The molecule has 114 valence electrons. The molecule has 22 heavy (non-hydrogen) atoms. The van der Waals surface area contributed by atoms with Crippen molar-refractivity contribution in [1.82, 2.24) is 10.2 Å². The zero-order valence-corrected chi connectivity index (χ0v) is 13.2. The summed E-state index contributed by atoms with van der Waals surface area (Å²) in [4.78, 5) is 12.3. The van der Waals surface area contributed by atoms with Crippen molar-refractivity contribution < 1.29 is 0 Å². The largest absolute Gasteiger partial charge is 0.268 e. The molecule has 0 amide bonds. The Hall–Kier alpha value is -1.90. The molecule has 1 heterocycles. The van der Waals surface area contributed by atoms with Crippen LogP contribution in [0, 0.1) is 5.41 Å². The fourth-order valence-corrected chi connectivity index (χ4v) is 4.51. The van der Waals surface area contributed by atoms with Crippen molar-refractivity contribution in [2.45, 2.75) is 51.4 Å². The van der Waals surface area contributed by atoms with Crippen LogP contribution in [-0.2, 0) is 12.8 Å². The van der Waals surface area contributed by atoms with Gasteiger partial charge in [0, 0.05) is 5.56 Å². The fraction of sp³-hybridized carbons (Fsp3) is 0.474. The Morgan fingerprint density at radius 3 is 2.73 bits per heavy atom. The standard InChI is InChI=1S/C19H22N2O/c1-19(2)10-14-8-13(12-6-4-3-5-7-12)9-15-17(14)16(11-19)20-21-18(15)22/h3-7,13-14H,8-11H2,1-2H3,(H,21,22)/t13-,14-/m0/s1. The minimum absolute atomic E-state index is 0.0177. The molecule has 0 aliphatic heterocycles. The summed E-state index contributed by atoms with van der Waals surface area (Å²) in [6.45, 7) is 4.63. The highest BCUT2D eigenvalue weighted by atomic mass is 16.1. The number of rotatable bonds is 1. The normalized spacial score (nSPS) is 25.5. The average molecular weight is 294 g/mol. The molecule has 2 aliphatic rings. The number of hydrogen-bond donors (Lipinski definition) is 1. The Bertz CT molecular complexity index is 761. The molecule has 0 bridgehead atoms. The molecule has 0 spiro atoms. The summed E-state index contributed by atoms with van der Waals surface area (Å²) in [5, 5.41) is 7.11. The lowest BCUT2D eigenvalue weighted by atomic mass is 9.63. The summed E-state index contributed by atoms with van der Waals surface area (Å²) in [5.74, 6) is 0.923. The highest BCUT2D eigenvalue weighted by molar-refractivity contribution is 5.40. The van der Waals surface area contributed by atoms with E-state index in [1.807, 2.05) is 0 Å². The van der Waals surface area contributed by atoms with Gasteiger partial charge >= 0.3 is 0 Å². The van der Waals surface area contributed by atoms with E-state index in [-0.39, 0.29) is 11.0 Å². The highest BCUT2D eigenvalue weighted by Gasteiger charge is 2.40. The van der Waals surface area contributed by atoms with Crippen molar-refractivity contribution in [3.05, 3.63) is 63.1 Å². The number of aromatic amines is 1. The molecular formula is C19H22N2O. The van der Waals surface area contributed by atoms with E-state index in [0.29, 0.717) is 11.8 Å². The molecule has 0 radical (unpaired) electrons. The molecule has 1 aromatic heterocycles. The molecule has 1 N–H and O–H groups in total. The molecule has 2 atom stereocenters. The summed E-state index contributed by atoms with van der Waals surface area (Å²) in [7, 11) is 0. The predicted octanol–water partition coefficient (Wildman–Crippen LogP) is 3.56. The third-order valence-electron chi connectivity index (χ3n) is 5.35. The highest BCUT2D eigenvalue weighted by Crippen LogP contribution is 2.49. The van der Waals surface area contributed by atoms with Crippen LogP contribution in [-0.4, -0.2) is 10.2 Å². The van der Waals surface area contributed by atoms with Crippen molar-refractivity contribution in [3.63, 3.8) is 0 Å². The van der Waals surface area contributed by atoms with Gasteiger partial charge in [0.05, 0.1) is 5.69 Å². The van der Waals surface area contributed by atoms with Crippen molar-refractivity contribution in [2.75, 3.05) is 0 Å². The van der Waals surface area contributed by atoms with Crippen LogP contribution in [0.4, 0.5) is 0 Å². The Labute approximate surface area is 130 Å². The summed E-state index contributed by atoms with van der Waals surface area (Å²) in [6.07, 6.45) is 4.11. The van der Waals surface area contributed by atoms with E-state index >= 15 is 0 Å². The second-order valence-corrected chi connectivity index (χ2v) is 7.68. The van der Waals surface area contributed by atoms with Gasteiger partial charge in [-0.3, -0.25) is 4.79 Å². The molecule has 4 rings (SSSR count). The van der Waals surface area contributed by atoms with Crippen LogP contribution in [0.15, 0.2) is 35.1 Å². The lowest BCUT2D eigenvalue weighted by molar-refractivity contribution is 0.251. The van der Waals surface area contributed by atoms with Gasteiger partial charge in [0.1, 0.15) is 0 Å². The number of benzene rings is 1. The third-order valence-corrected chi connectivity index (χ3v) is 5.35. The molecular weight excluding hydrogens is 272 g/mol. The van der Waals surface area contributed by atoms with E-state index in [4.69, 9.17) is 0 Å². The van der Waals surface area contributed by atoms with Crippen LogP contribution in [0.1, 0.15) is 60.9 Å². The summed E-state index contributed by atoms with van der Waals surface area (Å²) >= 11 is 0. The zero-order valence-electron chi connectivity index (χ0n) is 13.2. The molecule has 2 aliphatic carbocycles. The summed E-state index contributed by atoms with van der Waals surface area (Å²) in [6, 6.07) is 10.6. The lowest BCUT2D eigenvalue weighted by Gasteiger charge is -2.41. The van der Waals surface area contributed by atoms with E-state index in [1.165, 1.54) is 11.1 Å². The Morgan fingerprint density at radius 2 is 1.95 bits per heavy atom. The second kappa shape index (κ2) is 4.80. The monoisotopic (exact) mass is 294 g/mol. The SMILES string of the molecule is CC1(C)Cc2n[nH]c(=O)c3c2[C@@H](C[C@H](c2ccccc2)C3)C1. The number of hydrogen-bond acceptors (Lipinski definition) is 2. The van der Waals surface area contributed by atoms with Crippen molar-refractivity contribution in [1.29, 1.82) is 0 Å². The first-order valence-corrected chi connectivity index (χ1v) is 8.19. The third kappa shape index (κ3) is 2.20. The van der Waals surface area contributed by atoms with Gasteiger partial charge in [-0.15, -0.1) is 0 Å². The van der Waals surface area contributed by atoms with E-state index in [2.05, 4.69) is 54.4 Å². The quantitative estimate of drug-likeness (QED) is 0.874. The number of nitrogens with zero attached hydrogens (tertiary/aromatic N) is 1. The molecule has 3 heteroatoms. The number of aromatic nitrogens is 2. The van der Waals surface area contributed by atoms with Crippen LogP contribution in [0.3, 0.4) is 0 Å². The predicted molar refractivity (Wildman–Crippen MR) is 87.2 cm³/mol. The van der Waals surface area contributed by atoms with E-state index in [0.717, 1.165) is 36.9 Å². The van der Waals surface area contributed by atoms with Crippen molar-refractivity contribution >= 4 is 0 Å². The average Bonchev–Trinajstić information content (AvgIpc) is 2.50. The van der Waals surface area contributed by atoms with Gasteiger partial charge in [-0.25, -0.2) is 5.10 Å².